The Balaban J connectivity index is 1.96. The van der Waals surface area contributed by atoms with Crippen LogP contribution in [0.4, 0.5) is 13.2 Å². The van der Waals surface area contributed by atoms with Crippen LogP contribution in [0.5, 0.6) is 0 Å². The van der Waals surface area contributed by atoms with Gasteiger partial charge in [0.05, 0.1) is 0 Å². The van der Waals surface area contributed by atoms with Crippen molar-refractivity contribution >= 4 is 33.8 Å². The van der Waals surface area contributed by atoms with Crippen molar-refractivity contribution in [3.05, 3.63) is 40.4 Å². The first-order valence-electron chi connectivity index (χ1n) is 7.36. The highest BCUT2D eigenvalue weighted by Crippen LogP contribution is 2.19. The lowest BCUT2D eigenvalue weighted by Crippen LogP contribution is -2.43. The van der Waals surface area contributed by atoms with E-state index in [1.807, 2.05) is 24.3 Å². The molecule has 1 fully saturated rings. The highest BCUT2D eigenvalue weighted by Gasteiger charge is 2.42. The molecule has 0 spiro atoms. The standard InChI is InChI=1S/C16H16BrF3N2O2/c17-13-4-1-3-12(11-13)5-6-14(23)21-7-2-8-22(10-9-21)15(24)16(18,19)20/h1,3-6,11H,2,7-10H2/b6-5+. The summed E-state index contributed by atoms with van der Waals surface area (Å²) in [5.74, 6) is -2.13. The van der Waals surface area contributed by atoms with E-state index in [0.717, 1.165) is 14.9 Å². The van der Waals surface area contributed by atoms with E-state index in [0.29, 0.717) is 13.0 Å². The van der Waals surface area contributed by atoms with E-state index in [9.17, 15) is 22.8 Å². The molecule has 0 unspecified atom stereocenters. The fourth-order valence-electron chi connectivity index (χ4n) is 2.40. The molecular formula is C16H16BrF3N2O2. The van der Waals surface area contributed by atoms with E-state index in [4.69, 9.17) is 0 Å². The zero-order valence-electron chi connectivity index (χ0n) is 12.7. The molecule has 0 aliphatic carbocycles. The second-order valence-electron chi connectivity index (χ2n) is 5.36. The molecule has 2 amide bonds. The summed E-state index contributed by atoms with van der Waals surface area (Å²) in [6.45, 7) is 0.291. The van der Waals surface area contributed by atoms with Crippen LogP contribution in [-0.2, 0) is 9.59 Å². The van der Waals surface area contributed by atoms with Gasteiger partial charge in [-0.25, -0.2) is 0 Å². The molecule has 0 N–H and O–H groups in total. The molecule has 0 aromatic heterocycles. The second kappa shape index (κ2) is 7.83. The number of amides is 2. The van der Waals surface area contributed by atoms with Crippen LogP contribution in [0.1, 0.15) is 12.0 Å². The molecule has 130 valence electrons. The van der Waals surface area contributed by atoms with Gasteiger partial charge in [-0.05, 0) is 30.2 Å². The topological polar surface area (TPSA) is 40.6 Å². The van der Waals surface area contributed by atoms with Gasteiger partial charge in [-0.1, -0.05) is 28.1 Å². The SMILES string of the molecule is O=C(/C=C/c1cccc(Br)c1)N1CCCN(C(=O)C(F)(F)F)CC1. The van der Waals surface area contributed by atoms with Crippen molar-refractivity contribution in [2.75, 3.05) is 26.2 Å². The zero-order valence-corrected chi connectivity index (χ0v) is 14.3. The monoisotopic (exact) mass is 404 g/mol. The first-order valence-corrected chi connectivity index (χ1v) is 8.15. The fraction of sp³-hybridized carbons (Fsp3) is 0.375. The molecule has 0 bridgehead atoms. The van der Waals surface area contributed by atoms with Crippen molar-refractivity contribution in [3.63, 3.8) is 0 Å². The number of halogens is 4. The van der Waals surface area contributed by atoms with Crippen LogP contribution in [0, 0.1) is 0 Å². The van der Waals surface area contributed by atoms with Crippen molar-refractivity contribution in [2.45, 2.75) is 12.6 Å². The van der Waals surface area contributed by atoms with Gasteiger partial charge in [0.1, 0.15) is 0 Å². The van der Waals surface area contributed by atoms with Crippen molar-refractivity contribution in [1.82, 2.24) is 9.80 Å². The molecule has 1 aliphatic rings. The van der Waals surface area contributed by atoms with Crippen LogP contribution in [0.3, 0.4) is 0 Å². The summed E-state index contributed by atoms with van der Waals surface area (Å²) >= 11 is 3.33. The molecule has 0 radical (unpaired) electrons. The average Bonchev–Trinajstić information content (AvgIpc) is 2.77. The predicted octanol–water partition coefficient (Wildman–Crippen LogP) is 3.09. The van der Waals surface area contributed by atoms with Gasteiger partial charge in [-0.3, -0.25) is 9.59 Å². The lowest BCUT2D eigenvalue weighted by Gasteiger charge is -2.22. The molecule has 1 aliphatic heterocycles. The largest absolute Gasteiger partial charge is 0.471 e. The van der Waals surface area contributed by atoms with E-state index >= 15 is 0 Å². The third-order valence-corrected chi connectivity index (χ3v) is 4.10. The van der Waals surface area contributed by atoms with E-state index in [2.05, 4.69) is 15.9 Å². The lowest BCUT2D eigenvalue weighted by atomic mass is 10.2. The van der Waals surface area contributed by atoms with Gasteiger partial charge in [0.2, 0.25) is 5.91 Å². The molecule has 24 heavy (non-hydrogen) atoms. The van der Waals surface area contributed by atoms with Crippen LogP contribution in [0.2, 0.25) is 0 Å². The molecule has 8 heteroatoms. The third kappa shape index (κ3) is 5.09. The number of hydrogen-bond donors (Lipinski definition) is 0. The van der Waals surface area contributed by atoms with Gasteiger partial charge >= 0.3 is 12.1 Å². The Bertz CT molecular complexity index is 646. The number of benzene rings is 1. The number of carbonyl (C=O) groups is 2. The normalized spacial score (nSPS) is 16.3. The summed E-state index contributed by atoms with van der Waals surface area (Å²) in [6.07, 6.45) is -1.52. The summed E-state index contributed by atoms with van der Waals surface area (Å²) in [7, 11) is 0. The van der Waals surface area contributed by atoms with Crippen LogP contribution in [0.15, 0.2) is 34.8 Å². The minimum atomic E-state index is -4.88. The summed E-state index contributed by atoms with van der Waals surface area (Å²) < 4.78 is 38.3. The predicted molar refractivity (Wildman–Crippen MR) is 87.0 cm³/mol. The molecule has 1 heterocycles. The molecule has 0 atom stereocenters. The van der Waals surface area contributed by atoms with Gasteiger partial charge in [-0.15, -0.1) is 0 Å². The van der Waals surface area contributed by atoms with Crippen molar-refractivity contribution in [3.8, 4) is 0 Å². The van der Waals surface area contributed by atoms with Gasteiger partial charge in [-0.2, -0.15) is 13.2 Å². The van der Waals surface area contributed by atoms with E-state index in [1.165, 1.54) is 11.0 Å². The third-order valence-electron chi connectivity index (χ3n) is 3.60. The Labute approximate surface area is 146 Å². The summed E-state index contributed by atoms with van der Waals surface area (Å²) in [5.41, 5.74) is 0.835. The zero-order chi connectivity index (χ0) is 17.7. The number of alkyl halides is 3. The lowest BCUT2D eigenvalue weighted by molar-refractivity contribution is -0.185. The number of carbonyl (C=O) groups excluding carboxylic acids is 2. The van der Waals surface area contributed by atoms with Crippen LogP contribution >= 0.6 is 15.9 Å². The van der Waals surface area contributed by atoms with Crippen LogP contribution in [-0.4, -0.2) is 54.0 Å². The highest BCUT2D eigenvalue weighted by atomic mass is 79.9. The van der Waals surface area contributed by atoms with E-state index in [1.54, 1.807) is 6.08 Å². The van der Waals surface area contributed by atoms with Gasteiger partial charge < -0.3 is 9.80 Å². The van der Waals surface area contributed by atoms with E-state index < -0.39 is 12.1 Å². The molecular weight excluding hydrogens is 389 g/mol. The molecule has 0 saturated carbocycles. The smallest absolute Gasteiger partial charge is 0.337 e. The van der Waals surface area contributed by atoms with Crippen LogP contribution < -0.4 is 0 Å². The molecule has 1 aromatic carbocycles. The molecule has 4 nitrogen and oxygen atoms in total. The Morgan fingerprint density at radius 3 is 2.42 bits per heavy atom. The first kappa shape index (κ1) is 18.5. The van der Waals surface area contributed by atoms with E-state index in [-0.39, 0.29) is 25.5 Å². The maximum atomic E-state index is 12.5. The number of hydrogen-bond acceptors (Lipinski definition) is 2. The molecule has 1 aromatic rings. The maximum Gasteiger partial charge on any atom is 0.471 e. The van der Waals surface area contributed by atoms with Gasteiger partial charge in [0.15, 0.2) is 0 Å². The van der Waals surface area contributed by atoms with Crippen LogP contribution in [0.25, 0.3) is 6.08 Å². The summed E-state index contributed by atoms with van der Waals surface area (Å²) in [5, 5.41) is 0. The van der Waals surface area contributed by atoms with Crippen molar-refractivity contribution in [2.24, 2.45) is 0 Å². The summed E-state index contributed by atoms with van der Waals surface area (Å²) in [6, 6.07) is 7.37. The summed E-state index contributed by atoms with van der Waals surface area (Å²) in [4.78, 5) is 25.7. The molecule has 2 rings (SSSR count). The highest BCUT2D eigenvalue weighted by molar-refractivity contribution is 9.10. The second-order valence-corrected chi connectivity index (χ2v) is 6.27. The minimum Gasteiger partial charge on any atom is -0.337 e. The molecule has 1 saturated heterocycles. The minimum absolute atomic E-state index is 0.00251. The average molecular weight is 405 g/mol. The Kier molecular flexibility index (Phi) is 6.04. The van der Waals surface area contributed by atoms with Gasteiger partial charge in [0.25, 0.3) is 0 Å². The Morgan fingerprint density at radius 2 is 1.75 bits per heavy atom. The number of rotatable bonds is 2. The van der Waals surface area contributed by atoms with Gasteiger partial charge in [0, 0.05) is 36.7 Å². The Morgan fingerprint density at radius 1 is 1.08 bits per heavy atom. The number of nitrogens with zero attached hydrogens (tertiary/aromatic N) is 2. The quantitative estimate of drug-likeness (QED) is 0.710. The van der Waals surface area contributed by atoms with Crippen molar-refractivity contribution < 1.29 is 22.8 Å². The van der Waals surface area contributed by atoms with Crippen molar-refractivity contribution in [1.29, 1.82) is 0 Å². The fourth-order valence-corrected chi connectivity index (χ4v) is 2.82. The Hall–Kier alpha value is -1.83. The maximum absolute atomic E-state index is 12.5. The first-order chi connectivity index (χ1) is 11.3.